The van der Waals surface area contributed by atoms with Crippen molar-refractivity contribution in [1.29, 1.82) is 5.26 Å². The van der Waals surface area contributed by atoms with Gasteiger partial charge in [0.05, 0.1) is 23.7 Å². The third kappa shape index (κ3) is 4.97. The van der Waals surface area contributed by atoms with E-state index in [0.29, 0.717) is 29.4 Å². The maximum atomic E-state index is 12.7. The van der Waals surface area contributed by atoms with Crippen LogP contribution >= 0.6 is 11.6 Å². The van der Waals surface area contributed by atoms with Crippen LogP contribution in [0.4, 0.5) is 11.4 Å². The second-order valence-corrected chi connectivity index (χ2v) is 7.11. The Bertz CT molecular complexity index is 1000. The van der Waals surface area contributed by atoms with Crippen molar-refractivity contribution >= 4 is 40.8 Å². The number of anilines is 2. The van der Waals surface area contributed by atoms with Gasteiger partial charge in [0.2, 0.25) is 5.91 Å². The van der Waals surface area contributed by atoms with Crippen LogP contribution in [0.25, 0.3) is 0 Å². The zero-order valence-corrected chi connectivity index (χ0v) is 17.0. The number of nitrogens with zero attached hydrogens (tertiary/aromatic N) is 3. The van der Waals surface area contributed by atoms with E-state index < -0.39 is 18.5 Å². The van der Waals surface area contributed by atoms with Crippen molar-refractivity contribution in [3.8, 4) is 6.07 Å². The van der Waals surface area contributed by atoms with E-state index in [2.05, 4.69) is 0 Å². The SMILES string of the molecule is N#CCCN(C(=O)COC(=O)c1ccccc1N1CCCC1=O)c1cccc(Cl)c1. The summed E-state index contributed by atoms with van der Waals surface area (Å²) in [5, 5.41) is 9.34. The standard InChI is InChI=1S/C22H20ClN3O4/c23-16-6-3-7-17(14-16)25(13-5-11-24)21(28)15-30-22(29)18-8-1-2-9-19(18)26-12-4-10-20(26)27/h1-3,6-9,14H,4-5,10,12-13,15H2. The first-order valence-electron chi connectivity index (χ1n) is 9.50. The van der Waals surface area contributed by atoms with Crippen LogP contribution in [0.5, 0.6) is 0 Å². The van der Waals surface area contributed by atoms with Crippen molar-refractivity contribution in [2.75, 3.05) is 29.5 Å². The van der Waals surface area contributed by atoms with E-state index in [1.807, 2.05) is 6.07 Å². The Kier molecular flexibility index (Phi) is 7.04. The van der Waals surface area contributed by atoms with Gasteiger partial charge in [0, 0.05) is 30.2 Å². The number of carbonyl (C=O) groups is 3. The number of rotatable bonds is 7. The molecule has 7 nitrogen and oxygen atoms in total. The molecule has 1 aliphatic rings. The molecule has 0 bridgehead atoms. The second kappa shape index (κ2) is 9.90. The number of carbonyl (C=O) groups excluding carboxylic acids is 3. The summed E-state index contributed by atoms with van der Waals surface area (Å²) in [5.74, 6) is -1.21. The lowest BCUT2D eigenvalue weighted by molar-refractivity contribution is -0.121. The Labute approximate surface area is 179 Å². The first-order chi connectivity index (χ1) is 14.5. The smallest absolute Gasteiger partial charge is 0.340 e. The van der Waals surface area contributed by atoms with Crippen molar-refractivity contribution in [2.24, 2.45) is 0 Å². The van der Waals surface area contributed by atoms with Gasteiger partial charge in [-0.15, -0.1) is 0 Å². The summed E-state index contributed by atoms with van der Waals surface area (Å²) in [4.78, 5) is 40.4. The molecule has 8 heteroatoms. The molecule has 0 aromatic heterocycles. The Morgan fingerprint density at radius 3 is 2.70 bits per heavy atom. The van der Waals surface area contributed by atoms with Gasteiger partial charge in [-0.1, -0.05) is 29.8 Å². The normalized spacial score (nSPS) is 13.1. The summed E-state index contributed by atoms with van der Waals surface area (Å²) in [5.41, 5.74) is 1.22. The Morgan fingerprint density at radius 1 is 1.20 bits per heavy atom. The van der Waals surface area contributed by atoms with Gasteiger partial charge in [-0.25, -0.2) is 4.79 Å². The first kappa shape index (κ1) is 21.3. The highest BCUT2D eigenvalue weighted by molar-refractivity contribution is 6.30. The minimum atomic E-state index is -0.690. The predicted molar refractivity (Wildman–Crippen MR) is 112 cm³/mol. The average Bonchev–Trinajstić information content (AvgIpc) is 3.18. The number of esters is 1. The lowest BCUT2D eigenvalue weighted by Crippen LogP contribution is -2.35. The highest BCUT2D eigenvalue weighted by Gasteiger charge is 2.27. The Morgan fingerprint density at radius 2 is 2.00 bits per heavy atom. The highest BCUT2D eigenvalue weighted by atomic mass is 35.5. The molecule has 0 radical (unpaired) electrons. The van der Waals surface area contributed by atoms with E-state index in [0.717, 1.165) is 6.42 Å². The molecule has 2 aromatic rings. The minimum Gasteiger partial charge on any atom is -0.452 e. The number of halogens is 1. The van der Waals surface area contributed by atoms with Crippen LogP contribution in [0.2, 0.25) is 5.02 Å². The zero-order valence-electron chi connectivity index (χ0n) is 16.2. The summed E-state index contributed by atoms with van der Waals surface area (Å²) in [6, 6.07) is 15.3. The number of ether oxygens (including phenoxy) is 1. The molecule has 0 unspecified atom stereocenters. The van der Waals surface area contributed by atoms with Crippen LogP contribution < -0.4 is 9.80 Å². The minimum absolute atomic E-state index is 0.0463. The fourth-order valence-electron chi connectivity index (χ4n) is 3.27. The summed E-state index contributed by atoms with van der Waals surface area (Å²) >= 11 is 6.01. The molecule has 154 valence electrons. The van der Waals surface area contributed by atoms with Crippen LogP contribution in [0.15, 0.2) is 48.5 Å². The molecule has 0 saturated carbocycles. The van der Waals surface area contributed by atoms with Crippen LogP contribution in [0.3, 0.4) is 0 Å². The maximum absolute atomic E-state index is 12.7. The first-order valence-corrected chi connectivity index (χ1v) is 9.88. The van der Waals surface area contributed by atoms with E-state index in [9.17, 15) is 14.4 Å². The van der Waals surface area contributed by atoms with Gasteiger partial charge in [-0.05, 0) is 36.8 Å². The summed E-state index contributed by atoms with van der Waals surface area (Å²) in [7, 11) is 0. The van der Waals surface area contributed by atoms with Gasteiger partial charge in [-0.3, -0.25) is 9.59 Å². The molecular weight excluding hydrogens is 406 g/mol. The summed E-state index contributed by atoms with van der Waals surface area (Å²) in [6.07, 6.45) is 1.29. The van der Waals surface area contributed by atoms with E-state index in [1.165, 1.54) is 4.90 Å². The van der Waals surface area contributed by atoms with Crippen LogP contribution in [-0.4, -0.2) is 37.5 Å². The lowest BCUT2D eigenvalue weighted by atomic mass is 10.1. The number of para-hydroxylation sites is 1. The quantitative estimate of drug-likeness (QED) is 0.632. The molecule has 0 spiro atoms. The number of hydrogen-bond acceptors (Lipinski definition) is 5. The molecular formula is C22H20ClN3O4. The van der Waals surface area contributed by atoms with Crippen molar-refractivity contribution in [3.05, 3.63) is 59.1 Å². The monoisotopic (exact) mass is 425 g/mol. The zero-order chi connectivity index (χ0) is 21.5. The Balaban J connectivity index is 1.72. The van der Waals surface area contributed by atoms with Crippen LogP contribution in [0.1, 0.15) is 29.6 Å². The summed E-state index contributed by atoms with van der Waals surface area (Å²) in [6.45, 7) is 0.184. The van der Waals surface area contributed by atoms with Crippen molar-refractivity contribution in [3.63, 3.8) is 0 Å². The Hall–Kier alpha value is -3.37. The molecule has 0 aliphatic carbocycles. The van der Waals surface area contributed by atoms with E-state index in [-0.39, 0.29) is 24.4 Å². The molecule has 3 rings (SSSR count). The largest absolute Gasteiger partial charge is 0.452 e. The topological polar surface area (TPSA) is 90.7 Å². The van der Waals surface area contributed by atoms with E-state index in [4.69, 9.17) is 21.6 Å². The van der Waals surface area contributed by atoms with Crippen LogP contribution in [-0.2, 0) is 14.3 Å². The molecule has 30 heavy (non-hydrogen) atoms. The number of benzene rings is 2. The fourth-order valence-corrected chi connectivity index (χ4v) is 3.46. The third-order valence-corrected chi connectivity index (χ3v) is 4.92. The van der Waals surface area contributed by atoms with E-state index >= 15 is 0 Å². The number of nitriles is 1. The molecule has 1 fully saturated rings. The van der Waals surface area contributed by atoms with Gasteiger partial charge >= 0.3 is 5.97 Å². The number of hydrogen-bond donors (Lipinski definition) is 0. The predicted octanol–water partition coefficient (Wildman–Crippen LogP) is 3.57. The highest BCUT2D eigenvalue weighted by Crippen LogP contribution is 2.26. The van der Waals surface area contributed by atoms with Crippen molar-refractivity contribution in [2.45, 2.75) is 19.3 Å². The fraction of sp³-hybridized carbons (Fsp3) is 0.273. The van der Waals surface area contributed by atoms with Gasteiger partial charge < -0.3 is 14.5 Å². The molecule has 2 aromatic carbocycles. The van der Waals surface area contributed by atoms with E-state index in [1.54, 1.807) is 53.4 Å². The van der Waals surface area contributed by atoms with Crippen molar-refractivity contribution < 1.29 is 19.1 Å². The molecule has 1 aliphatic heterocycles. The number of amides is 2. The molecule has 0 N–H and O–H groups in total. The summed E-state index contributed by atoms with van der Waals surface area (Å²) < 4.78 is 5.25. The van der Waals surface area contributed by atoms with Crippen molar-refractivity contribution in [1.82, 2.24) is 0 Å². The lowest BCUT2D eigenvalue weighted by Gasteiger charge is -2.22. The van der Waals surface area contributed by atoms with Crippen LogP contribution in [0, 0.1) is 11.3 Å². The maximum Gasteiger partial charge on any atom is 0.340 e. The third-order valence-electron chi connectivity index (χ3n) is 4.68. The molecule has 2 amide bonds. The van der Waals surface area contributed by atoms with Gasteiger partial charge in [-0.2, -0.15) is 5.26 Å². The van der Waals surface area contributed by atoms with Gasteiger partial charge in [0.25, 0.3) is 5.91 Å². The van der Waals surface area contributed by atoms with Gasteiger partial charge in [0.1, 0.15) is 0 Å². The molecule has 1 saturated heterocycles. The molecule has 0 atom stereocenters. The molecule has 1 heterocycles. The second-order valence-electron chi connectivity index (χ2n) is 6.68. The van der Waals surface area contributed by atoms with Gasteiger partial charge in [0.15, 0.2) is 6.61 Å². The average molecular weight is 426 g/mol.